The van der Waals surface area contributed by atoms with Gasteiger partial charge in [0.05, 0.1) is 6.33 Å². The molecule has 3 heterocycles. The molecule has 1 unspecified atom stereocenters. The van der Waals surface area contributed by atoms with E-state index in [4.69, 9.17) is 4.74 Å². The van der Waals surface area contributed by atoms with Crippen LogP contribution in [0, 0.1) is 5.92 Å². The van der Waals surface area contributed by atoms with E-state index in [-0.39, 0.29) is 17.9 Å². The second kappa shape index (κ2) is 7.38. The van der Waals surface area contributed by atoms with E-state index in [1.165, 1.54) is 10.9 Å². The number of hydrogen-bond acceptors (Lipinski definition) is 4. The van der Waals surface area contributed by atoms with Crippen molar-refractivity contribution < 1.29 is 18.3 Å². The molecule has 1 aromatic rings. The highest BCUT2D eigenvalue weighted by molar-refractivity contribution is 5.81. The predicted molar refractivity (Wildman–Crippen MR) is 81.7 cm³/mol. The first-order valence-corrected chi connectivity index (χ1v) is 8.29. The molecule has 0 bridgehead atoms. The zero-order valence-electron chi connectivity index (χ0n) is 13.4. The number of piperidine rings is 1. The number of likely N-dealkylation sites (tertiary alicyclic amines) is 1. The third-order valence-electron chi connectivity index (χ3n) is 4.71. The molecule has 0 aromatic carbocycles. The van der Waals surface area contributed by atoms with E-state index in [2.05, 4.69) is 4.98 Å². The van der Waals surface area contributed by atoms with Crippen LogP contribution in [-0.4, -0.2) is 46.2 Å². The summed E-state index contributed by atoms with van der Waals surface area (Å²) in [7, 11) is 0. The molecule has 0 radical (unpaired) electrons. The first-order chi connectivity index (χ1) is 11.5. The molecule has 1 atom stereocenters. The van der Waals surface area contributed by atoms with E-state index in [1.54, 1.807) is 0 Å². The maximum Gasteiger partial charge on any atom is 0.280 e. The van der Waals surface area contributed by atoms with Gasteiger partial charge >= 0.3 is 0 Å². The van der Waals surface area contributed by atoms with Crippen molar-refractivity contribution in [3.05, 3.63) is 28.4 Å². The molecular weight excluding hydrogens is 320 g/mol. The van der Waals surface area contributed by atoms with Crippen LogP contribution in [-0.2, 0) is 16.1 Å². The molecule has 0 N–H and O–H groups in total. The molecule has 0 spiro atoms. The summed E-state index contributed by atoms with van der Waals surface area (Å²) in [5.41, 5.74) is -0.952. The number of amides is 1. The summed E-state index contributed by atoms with van der Waals surface area (Å²) in [6.45, 7) is 2.37. The lowest BCUT2D eigenvalue weighted by molar-refractivity contribution is -0.142. The maximum absolute atomic E-state index is 12.5. The number of alkyl halides is 2. The van der Waals surface area contributed by atoms with Crippen LogP contribution in [0.3, 0.4) is 0 Å². The van der Waals surface area contributed by atoms with E-state index in [9.17, 15) is 18.4 Å². The van der Waals surface area contributed by atoms with E-state index in [0.717, 1.165) is 31.7 Å². The van der Waals surface area contributed by atoms with Gasteiger partial charge in [0.2, 0.25) is 0 Å². The fourth-order valence-corrected chi connectivity index (χ4v) is 3.29. The highest BCUT2D eigenvalue weighted by Gasteiger charge is 2.31. The summed E-state index contributed by atoms with van der Waals surface area (Å²) >= 11 is 0. The van der Waals surface area contributed by atoms with Crippen LogP contribution in [0.25, 0.3) is 0 Å². The Morgan fingerprint density at radius 3 is 2.67 bits per heavy atom. The highest BCUT2D eigenvalue weighted by Crippen LogP contribution is 2.22. The summed E-state index contributed by atoms with van der Waals surface area (Å²) in [4.78, 5) is 29.6. The normalized spacial score (nSPS) is 22.3. The predicted octanol–water partition coefficient (Wildman–Crippen LogP) is 1.60. The van der Waals surface area contributed by atoms with Gasteiger partial charge in [-0.3, -0.25) is 14.2 Å². The standard InChI is InChI=1S/C16H21F2N3O3/c17-15(18)12-8-14(22)21(10-19-12)9-11-3-5-20(6-4-11)16(23)13-2-1-7-24-13/h8,10-11,13,15H,1-7,9H2. The largest absolute Gasteiger partial charge is 0.368 e. The van der Waals surface area contributed by atoms with Crippen molar-refractivity contribution in [2.75, 3.05) is 19.7 Å². The lowest BCUT2D eigenvalue weighted by atomic mass is 9.96. The van der Waals surface area contributed by atoms with Crippen molar-refractivity contribution in [1.82, 2.24) is 14.5 Å². The minimum Gasteiger partial charge on any atom is -0.368 e. The zero-order valence-corrected chi connectivity index (χ0v) is 13.4. The minimum atomic E-state index is -2.74. The van der Waals surface area contributed by atoms with Crippen molar-refractivity contribution >= 4 is 5.91 Å². The highest BCUT2D eigenvalue weighted by atomic mass is 19.3. The van der Waals surface area contributed by atoms with E-state index in [0.29, 0.717) is 26.2 Å². The minimum absolute atomic E-state index is 0.0612. The third kappa shape index (κ3) is 3.80. The lowest BCUT2D eigenvalue weighted by Crippen LogP contribution is -2.44. The molecule has 2 fully saturated rings. The number of aromatic nitrogens is 2. The van der Waals surface area contributed by atoms with Crippen molar-refractivity contribution in [3.8, 4) is 0 Å². The van der Waals surface area contributed by atoms with Crippen molar-refractivity contribution in [1.29, 1.82) is 0 Å². The molecule has 2 saturated heterocycles. The number of ether oxygens (including phenoxy) is 1. The average Bonchev–Trinajstić information content (AvgIpc) is 3.11. The van der Waals surface area contributed by atoms with Crippen LogP contribution in [0.5, 0.6) is 0 Å². The number of nitrogens with zero attached hydrogens (tertiary/aromatic N) is 3. The number of carbonyl (C=O) groups is 1. The van der Waals surface area contributed by atoms with Crippen LogP contribution < -0.4 is 5.56 Å². The second-order valence-corrected chi connectivity index (χ2v) is 6.38. The van der Waals surface area contributed by atoms with Crippen molar-refractivity contribution in [3.63, 3.8) is 0 Å². The van der Waals surface area contributed by atoms with Gasteiger partial charge in [-0.15, -0.1) is 0 Å². The Morgan fingerprint density at radius 1 is 1.33 bits per heavy atom. The Kier molecular flexibility index (Phi) is 5.23. The molecule has 0 saturated carbocycles. The van der Waals surface area contributed by atoms with Gasteiger partial charge in [0.25, 0.3) is 17.9 Å². The average molecular weight is 341 g/mol. The smallest absolute Gasteiger partial charge is 0.280 e. The summed E-state index contributed by atoms with van der Waals surface area (Å²) in [5, 5.41) is 0. The van der Waals surface area contributed by atoms with Crippen LogP contribution in [0.1, 0.15) is 37.8 Å². The van der Waals surface area contributed by atoms with E-state index >= 15 is 0 Å². The van der Waals surface area contributed by atoms with Gasteiger partial charge in [0, 0.05) is 32.3 Å². The molecule has 6 nitrogen and oxygen atoms in total. The summed E-state index contributed by atoms with van der Waals surface area (Å²) < 4.78 is 31.9. The summed E-state index contributed by atoms with van der Waals surface area (Å²) in [6, 6.07) is 0.890. The Hall–Kier alpha value is -1.83. The topological polar surface area (TPSA) is 64.4 Å². The van der Waals surface area contributed by atoms with E-state index < -0.39 is 17.7 Å². The molecule has 24 heavy (non-hydrogen) atoms. The van der Waals surface area contributed by atoms with E-state index in [1.807, 2.05) is 4.90 Å². The number of hydrogen-bond donors (Lipinski definition) is 0. The van der Waals surface area contributed by atoms with Crippen LogP contribution in [0.15, 0.2) is 17.2 Å². The molecular formula is C16H21F2N3O3. The van der Waals surface area contributed by atoms with Crippen molar-refractivity contribution in [2.24, 2.45) is 5.92 Å². The monoisotopic (exact) mass is 341 g/mol. The molecule has 8 heteroatoms. The zero-order chi connectivity index (χ0) is 17.1. The van der Waals surface area contributed by atoms with Crippen LogP contribution in [0.2, 0.25) is 0 Å². The van der Waals surface area contributed by atoms with Gasteiger partial charge < -0.3 is 9.64 Å². The molecule has 3 rings (SSSR count). The quantitative estimate of drug-likeness (QED) is 0.834. The van der Waals surface area contributed by atoms with Crippen LogP contribution >= 0.6 is 0 Å². The Bertz CT molecular complexity index is 636. The summed E-state index contributed by atoms with van der Waals surface area (Å²) in [6.07, 6.45) is 1.43. The number of rotatable bonds is 4. The number of carbonyl (C=O) groups excluding carboxylic acids is 1. The molecule has 1 aromatic heterocycles. The Labute approximate surface area is 138 Å². The second-order valence-electron chi connectivity index (χ2n) is 6.38. The van der Waals surface area contributed by atoms with Crippen molar-refractivity contribution in [2.45, 2.75) is 44.8 Å². The summed E-state index contributed by atoms with van der Waals surface area (Å²) in [5.74, 6) is 0.293. The molecule has 2 aliphatic heterocycles. The molecule has 132 valence electrons. The lowest BCUT2D eigenvalue weighted by Gasteiger charge is -2.33. The Morgan fingerprint density at radius 2 is 2.08 bits per heavy atom. The fraction of sp³-hybridized carbons (Fsp3) is 0.688. The van der Waals surface area contributed by atoms with Crippen LogP contribution in [0.4, 0.5) is 8.78 Å². The van der Waals surface area contributed by atoms with Gasteiger partial charge in [-0.2, -0.15) is 0 Å². The SMILES string of the molecule is O=C(C1CCCO1)N1CCC(Cn2cnc(C(F)F)cc2=O)CC1. The molecule has 2 aliphatic rings. The van der Waals surface area contributed by atoms with Gasteiger partial charge in [-0.05, 0) is 31.6 Å². The first-order valence-electron chi connectivity index (χ1n) is 8.29. The maximum atomic E-state index is 12.5. The Balaban J connectivity index is 1.54. The van der Waals surface area contributed by atoms with Gasteiger partial charge in [-0.25, -0.2) is 13.8 Å². The first kappa shape index (κ1) is 17.0. The molecule has 0 aliphatic carbocycles. The third-order valence-corrected chi connectivity index (χ3v) is 4.71. The van der Waals surface area contributed by atoms with Gasteiger partial charge in [-0.1, -0.05) is 0 Å². The number of halogens is 2. The van der Waals surface area contributed by atoms with Gasteiger partial charge in [0.15, 0.2) is 0 Å². The van der Waals surface area contributed by atoms with Gasteiger partial charge in [0.1, 0.15) is 11.8 Å². The fourth-order valence-electron chi connectivity index (χ4n) is 3.29. The molecule has 1 amide bonds.